The van der Waals surface area contributed by atoms with Crippen LogP contribution in [0.25, 0.3) is 0 Å². The summed E-state index contributed by atoms with van der Waals surface area (Å²) in [4.78, 5) is 23.6. The van der Waals surface area contributed by atoms with Gasteiger partial charge in [0.1, 0.15) is 41.2 Å². The van der Waals surface area contributed by atoms with Crippen LogP contribution in [0.4, 0.5) is 20.2 Å². The molecule has 4 aromatic carbocycles. The van der Waals surface area contributed by atoms with E-state index in [9.17, 15) is 28.8 Å². The third kappa shape index (κ3) is 7.47. The Morgan fingerprint density at radius 3 is 2.27 bits per heavy atom. The number of rotatable bonds is 12. The number of hydrogen-bond donors (Lipinski definition) is 0. The SMILES string of the molecule is COc1cc(OCC(=O)[O-])cc(Oc2ccc(CN(Cc3ccc(F)cc3F)c3cccc([N+](=O)[O-])c3C)cc2)c1. The van der Waals surface area contributed by atoms with Crippen LogP contribution in [0.3, 0.4) is 0 Å². The number of carbonyl (C=O) groups is 1. The number of aliphatic carboxylic acids is 1. The molecule has 0 bridgehead atoms. The highest BCUT2D eigenvalue weighted by atomic mass is 19.1. The molecule has 11 heteroatoms. The minimum absolute atomic E-state index is 0.0326. The van der Waals surface area contributed by atoms with Crippen molar-refractivity contribution in [1.82, 2.24) is 0 Å². The van der Waals surface area contributed by atoms with E-state index in [0.29, 0.717) is 28.5 Å². The number of ether oxygens (including phenoxy) is 3. The molecule has 212 valence electrons. The summed E-state index contributed by atoms with van der Waals surface area (Å²) in [7, 11) is 1.45. The molecule has 0 aliphatic rings. The molecule has 0 radical (unpaired) electrons. The third-order valence-electron chi connectivity index (χ3n) is 6.17. The van der Waals surface area contributed by atoms with Gasteiger partial charge in [-0.25, -0.2) is 8.78 Å². The Kier molecular flexibility index (Phi) is 8.98. The monoisotopic (exact) mass is 563 g/mol. The number of benzene rings is 4. The maximum absolute atomic E-state index is 14.6. The molecule has 0 aliphatic heterocycles. The summed E-state index contributed by atoms with van der Waals surface area (Å²) >= 11 is 0. The van der Waals surface area contributed by atoms with Gasteiger partial charge in [-0.3, -0.25) is 10.1 Å². The van der Waals surface area contributed by atoms with Gasteiger partial charge < -0.3 is 29.0 Å². The van der Waals surface area contributed by atoms with E-state index in [1.54, 1.807) is 54.3 Å². The average molecular weight is 564 g/mol. The molecule has 0 saturated heterocycles. The van der Waals surface area contributed by atoms with Crippen LogP contribution >= 0.6 is 0 Å². The largest absolute Gasteiger partial charge is 0.546 e. The molecule has 0 unspecified atom stereocenters. The second-order valence-electron chi connectivity index (χ2n) is 9.02. The first-order chi connectivity index (χ1) is 19.6. The zero-order valence-corrected chi connectivity index (χ0v) is 22.1. The van der Waals surface area contributed by atoms with Gasteiger partial charge in [-0.1, -0.05) is 24.3 Å². The van der Waals surface area contributed by atoms with Crippen molar-refractivity contribution in [3.8, 4) is 23.0 Å². The molecule has 0 heterocycles. The lowest BCUT2D eigenvalue weighted by atomic mass is 10.1. The van der Waals surface area contributed by atoms with E-state index < -0.39 is 29.1 Å². The summed E-state index contributed by atoms with van der Waals surface area (Å²) in [5.41, 5.74) is 1.89. The van der Waals surface area contributed by atoms with E-state index in [-0.39, 0.29) is 30.1 Å². The lowest BCUT2D eigenvalue weighted by Gasteiger charge is -2.27. The van der Waals surface area contributed by atoms with Crippen molar-refractivity contribution >= 4 is 17.3 Å². The van der Waals surface area contributed by atoms with Crippen molar-refractivity contribution in [2.24, 2.45) is 0 Å². The lowest BCUT2D eigenvalue weighted by molar-refractivity contribution is -0.385. The fourth-order valence-corrected chi connectivity index (χ4v) is 4.20. The number of anilines is 1. The zero-order valence-electron chi connectivity index (χ0n) is 22.1. The molecular formula is C30H25F2N2O7-. The van der Waals surface area contributed by atoms with Gasteiger partial charge in [-0.2, -0.15) is 0 Å². The summed E-state index contributed by atoms with van der Waals surface area (Å²) in [5.74, 6) is -1.39. The van der Waals surface area contributed by atoms with Crippen molar-refractivity contribution in [2.75, 3.05) is 18.6 Å². The number of carboxylic acid groups (broad SMARTS) is 1. The summed E-state index contributed by atoms with van der Waals surface area (Å²) in [6.45, 7) is 1.27. The smallest absolute Gasteiger partial charge is 0.274 e. The molecule has 0 atom stereocenters. The quantitative estimate of drug-likeness (QED) is 0.168. The van der Waals surface area contributed by atoms with Gasteiger partial charge >= 0.3 is 0 Å². The fourth-order valence-electron chi connectivity index (χ4n) is 4.20. The van der Waals surface area contributed by atoms with Crippen LogP contribution in [0, 0.1) is 28.7 Å². The van der Waals surface area contributed by atoms with Crippen LogP contribution in [0.2, 0.25) is 0 Å². The van der Waals surface area contributed by atoms with Crippen LogP contribution in [0.5, 0.6) is 23.0 Å². The van der Waals surface area contributed by atoms with Gasteiger partial charge in [0, 0.05) is 54.7 Å². The highest BCUT2D eigenvalue weighted by Gasteiger charge is 2.20. The van der Waals surface area contributed by atoms with Crippen LogP contribution in [-0.2, 0) is 17.9 Å². The number of nitro benzene ring substituents is 1. The van der Waals surface area contributed by atoms with E-state index in [0.717, 1.165) is 17.7 Å². The Balaban J connectivity index is 1.58. The van der Waals surface area contributed by atoms with Crippen molar-refractivity contribution in [1.29, 1.82) is 0 Å². The normalized spacial score (nSPS) is 10.6. The molecule has 0 saturated carbocycles. The van der Waals surface area contributed by atoms with Gasteiger partial charge in [0.05, 0.1) is 23.6 Å². The molecule has 0 aromatic heterocycles. The van der Waals surface area contributed by atoms with Crippen molar-refractivity contribution < 1.29 is 37.8 Å². The topological polar surface area (TPSA) is 114 Å². The van der Waals surface area contributed by atoms with Crippen molar-refractivity contribution in [3.05, 3.63) is 117 Å². The summed E-state index contributed by atoms with van der Waals surface area (Å²) in [6.07, 6.45) is 0. The second kappa shape index (κ2) is 12.8. The molecule has 0 amide bonds. The molecule has 0 spiro atoms. The Hall–Kier alpha value is -5.19. The minimum atomic E-state index is -1.37. The van der Waals surface area contributed by atoms with Crippen LogP contribution in [0.1, 0.15) is 16.7 Å². The molecule has 0 fully saturated rings. The predicted molar refractivity (Wildman–Crippen MR) is 144 cm³/mol. The number of carboxylic acids is 1. The lowest BCUT2D eigenvalue weighted by Crippen LogP contribution is -2.28. The number of nitro groups is 1. The average Bonchev–Trinajstić information content (AvgIpc) is 2.93. The Bertz CT molecular complexity index is 1560. The van der Waals surface area contributed by atoms with Crippen LogP contribution in [-0.4, -0.2) is 24.6 Å². The van der Waals surface area contributed by atoms with Crippen molar-refractivity contribution in [3.63, 3.8) is 0 Å². The first-order valence-corrected chi connectivity index (χ1v) is 12.3. The highest BCUT2D eigenvalue weighted by molar-refractivity contribution is 5.66. The molecule has 0 N–H and O–H groups in total. The number of halogens is 2. The second-order valence-corrected chi connectivity index (χ2v) is 9.02. The maximum Gasteiger partial charge on any atom is 0.274 e. The number of methoxy groups -OCH3 is 1. The molecule has 4 aromatic rings. The van der Waals surface area contributed by atoms with E-state index in [4.69, 9.17) is 14.2 Å². The fraction of sp³-hybridized carbons (Fsp3) is 0.167. The van der Waals surface area contributed by atoms with Gasteiger partial charge in [-0.15, -0.1) is 0 Å². The number of nitrogens with zero attached hydrogens (tertiary/aromatic N) is 2. The summed E-state index contributed by atoms with van der Waals surface area (Å²) in [6, 6.07) is 19.6. The van der Waals surface area contributed by atoms with Crippen molar-refractivity contribution in [2.45, 2.75) is 20.0 Å². The summed E-state index contributed by atoms with van der Waals surface area (Å²) < 4.78 is 44.4. The Morgan fingerprint density at radius 2 is 1.61 bits per heavy atom. The molecular weight excluding hydrogens is 538 g/mol. The number of hydrogen-bond acceptors (Lipinski definition) is 8. The first kappa shape index (κ1) is 28.8. The Labute approximate surface area is 234 Å². The zero-order chi connectivity index (χ0) is 29.5. The van der Waals surface area contributed by atoms with E-state index in [1.165, 1.54) is 31.4 Å². The minimum Gasteiger partial charge on any atom is -0.546 e. The molecule has 41 heavy (non-hydrogen) atoms. The van der Waals surface area contributed by atoms with Gasteiger partial charge in [0.25, 0.3) is 5.69 Å². The highest BCUT2D eigenvalue weighted by Crippen LogP contribution is 2.33. The maximum atomic E-state index is 14.6. The van der Waals surface area contributed by atoms with Crippen LogP contribution < -0.4 is 24.2 Å². The van der Waals surface area contributed by atoms with Gasteiger partial charge in [0.15, 0.2) is 0 Å². The molecule has 4 rings (SSSR count). The van der Waals surface area contributed by atoms with Gasteiger partial charge in [-0.05, 0) is 36.8 Å². The molecule has 9 nitrogen and oxygen atoms in total. The van der Waals surface area contributed by atoms with Crippen LogP contribution in [0.15, 0.2) is 78.9 Å². The standard InChI is InChI=1S/C30H26F2N2O7/c1-19-28(4-3-5-29(19)34(37)38)33(17-21-8-9-22(31)12-27(21)32)16-20-6-10-23(11-7-20)41-26-14-24(39-2)13-25(15-26)40-18-30(35)36/h3-15H,16-18H2,1-2H3,(H,35,36)/p-1. The molecule has 0 aliphatic carbocycles. The van der Waals surface area contributed by atoms with E-state index in [1.807, 2.05) is 0 Å². The predicted octanol–water partition coefficient (Wildman–Crippen LogP) is 5.32. The number of carbonyl (C=O) groups excluding carboxylic acids is 1. The van der Waals surface area contributed by atoms with E-state index >= 15 is 0 Å². The first-order valence-electron chi connectivity index (χ1n) is 12.3. The Morgan fingerprint density at radius 1 is 0.902 bits per heavy atom. The summed E-state index contributed by atoms with van der Waals surface area (Å²) in [5, 5.41) is 22.3. The van der Waals surface area contributed by atoms with Gasteiger partial charge in [0.2, 0.25) is 0 Å². The van der Waals surface area contributed by atoms with E-state index in [2.05, 4.69) is 0 Å². The third-order valence-corrected chi connectivity index (χ3v) is 6.17.